The van der Waals surface area contributed by atoms with Crippen molar-refractivity contribution in [3.8, 4) is 0 Å². The maximum absolute atomic E-state index is 12.6. The first kappa shape index (κ1) is 42.6. The highest BCUT2D eigenvalue weighted by Gasteiger charge is 2.42. The molecule has 0 aromatic rings. The fourth-order valence-corrected chi connectivity index (χ4v) is 10.2. The number of Topliss-reactive ketones (excluding diaryl/α,β-unsaturated/α-hetero) is 1. The Hall–Kier alpha value is -2.12. The van der Waals surface area contributed by atoms with Crippen molar-refractivity contribution in [3.63, 3.8) is 0 Å². The Labute approximate surface area is 314 Å². The van der Waals surface area contributed by atoms with Gasteiger partial charge in [-0.3, -0.25) is 19.2 Å². The number of nitrogens with zero attached hydrogens (tertiary/aromatic N) is 4. The number of ether oxygens (including phenoxy) is 1. The zero-order chi connectivity index (χ0) is 37.8. The molecule has 0 aromatic carbocycles. The summed E-state index contributed by atoms with van der Waals surface area (Å²) in [4.78, 5) is 57.0. The molecule has 0 aromatic heterocycles. The topological polar surface area (TPSA) is 127 Å². The summed E-state index contributed by atoms with van der Waals surface area (Å²) in [5, 5.41) is 9.44. The summed E-state index contributed by atoms with van der Waals surface area (Å²) in [7, 11) is 11.5. The van der Waals surface area contributed by atoms with Crippen LogP contribution >= 0.6 is 0 Å². The van der Waals surface area contributed by atoms with Gasteiger partial charge in [-0.25, -0.2) is 0 Å². The average molecular weight is 732 g/mol. The van der Waals surface area contributed by atoms with Gasteiger partial charge in [0.1, 0.15) is 5.78 Å². The van der Waals surface area contributed by atoms with Crippen molar-refractivity contribution in [2.45, 2.75) is 139 Å². The number of nitrogens with one attached hydrogen (secondary N) is 3. The maximum atomic E-state index is 12.6. The van der Waals surface area contributed by atoms with Gasteiger partial charge >= 0.3 is 0 Å². The molecular weight excluding hydrogens is 658 g/mol. The molecule has 3 aliphatic heterocycles. The number of fused-ring (bicyclic) bond motifs is 3. The normalized spacial score (nSPS) is 33.3. The predicted octanol–water partition coefficient (Wildman–Crippen LogP) is 2.89. The van der Waals surface area contributed by atoms with Crippen LogP contribution in [0.3, 0.4) is 0 Å². The summed E-state index contributed by atoms with van der Waals surface area (Å²) < 4.78 is 5.14. The van der Waals surface area contributed by atoms with Crippen LogP contribution in [-0.2, 0) is 23.9 Å². The molecule has 0 radical (unpaired) electrons. The zero-order valence-electron chi connectivity index (χ0n) is 33.7. The van der Waals surface area contributed by atoms with Crippen molar-refractivity contribution in [3.05, 3.63) is 0 Å². The lowest BCUT2D eigenvalue weighted by Gasteiger charge is -2.33. The molecule has 3 amide bonds. The molecule has 3 saturated heterocycles. The first-order chi connectivity index (χ1) is 25.0. The summed E-state index contributed by atoms with van der Waals surface area (Å²) in [5.74, 6) is 2.88. The molecule has 6 aliphatic rings. The summed E-state index contributed by atoms with van der Waals surface area (Å²) in [6.07, 6.45) is 17.4. The number of carbonyl (C=O) groups is 4. The average Bonchev–Trinajstić information content (AvgIpc) is 3.86. The molecule has 3 aliphatic carbocycles. The minimum atomic E-state index is -0.0973. The molecule has 0 spiro atoms. The minimum Gasteiger partial charge on any atom is -0.383 e. The number of hydrogen-bond donors (Lipinski definition) is 3. The van der Waals surface area contributed by atoms with Gasteiger partial charge in [-0.05, 0) is 137 Å². The third-order valence-electron chi connectivity index (χ3n) is 13.0. The number of methoxy groups -OCH3 is 1. The third-order valence-corrected chi connectivity index (χ3v) is 13.0. The largest absolute Gasteiger partial charge is 0.383 e. The van der Waals surface area contributed by atoms with E-state index in [4.69, 9.17) is 4.74 Å². The second kappa shape index (κ2) is 21.1. The van der Waals surface area contributed by atoms with E-state index < -0.39 is 0 Å². The Morgan fingerprint density at radius 3 is 1.37 bits per heavy atom. The molecule has 6 rings (SSSR count). The Morgan fingerprint density at radius 1 is 0.615 bits per heavy atom. The van der Waals surface area contributed by atoms with Gasteiger partial charge in [-0.2, -0.15) is 0 Å². The number of amides is 3. The molecule has 52 heavy (non-hydrogen) atoms. The van der Waals surface area contributed by atoms with Crippen molar-refractivity contribution in [2.75, 3.05) is 75.1 Å². The summed E-state index contributed by atoms with van der Waals surface area (Å²) in [5.41, 5.74) is 0. The molecule has 3 heterocycles. The molecule has 3 N–H and O–H groups in total. The summed E-state index contributed by atoms with van der Waals surface area (Å²) in [6.45, 7) is 5.09. The van der Waals surface area contributed by atoms with Crippen molar-refractivity contribution < 1.29 is 23.9 Å². The van der Waals surface area contributed by atoms with E-state index in [1.54, 1.807) is 14.0 Å². The number of rotatable bonds is 11. The highest BCUT2D eigenvalue weighted by Crippen LogP contribution is 2.38. The fraction of sp³-hybridized carbons (Fsp3) is 0.900. The monoisotopic (exact) mass is 732 g/mol. The smallest absolute Gasteiger partial charge is 0.240 e. The quantitative estimate of drug-likeness (QED) is 0.294. The fourth-order valence-electron chi connectivity index (χ4n) is 10.2. The lowest BCUT2D eigenvalue weighted by atomic mass is 9.97. The van der Waals surface area contributed by atoms with Crippen molar-refractivity contribution in [1.82, 2.24) is 35.6 Å². The SMILES string of the molecule is CNC1CCC2CCCC2N(CC(C)=O)C1=O.CNC1CCC2CCCC2N(CCN(C)C)C1=O.CNC1CCC2CCCC2N(CCOC)C1=O. The Morgan fingerprint density at radius 2 is 1.00 bits per heavy atom. The van der Waals surface area contributed by atoms with Gasteiger partial charge in [0.15, 0.2) is 0 Å². The lowest BCUT2D eigenvalue weighted by molar-refractivity contribution is -0.138. The van der Waals surface area contributed by atoms with Gasteiger partial charge in [0.25, 0.3) is 0 Å². The van der Waals surface area contributed by atoms with Gasteiger partial charge in [0, 0.05) is 44.9 Å². The molecule has 9 atom stereocenters. The van der Waals surface area contributed by atoms with Gasteiger partial charge in [-0.15, -0.1) is 0 Å². The number of carbonyl (C=O) groups excluding carboxylic acids is 4. The second-order valence-corrected chi connectivity index (χ2v) is 16.6. The Bertz CT molecular complexity index is 1160. The zero-order valence-corrected chi connectivity index (χ0v) is 33.7. The first-order valence-electron chi connectivity index (χ1n) is 20.6. The van der Waals surface area contributed by atoms with E-state index in [0.717, 1.165) is 57.7 Å². The van der Waals surface area contributed by atoms with Crippen LogP contribution in [0.4, 0.5) is 0 Å². The van der Waals surface area contributed by atoms with E-state index in [1.165, 1.54) is 64.2 Å². The van der Waals surface area contributed by atoms with Crippen LogP contribution in [0.25, 0.3) is 0 Å². The van der Waals surface area contributed by atoms with E-state index in [-0.39, 0.29) is 42.3 Å². The molecule has 298 valence electrons. The van der Waals surface area contributed by atoms with E-state index in [1.807, 2.05) is 26.0 Å². The number of ketones is 1. The van der Waals surface area contributed by atoms with E-state index >= 15 is 0 Å². The molecule has 12 nitrogen and oxygen atoms in total. The second-order valence-electron chi connectivity index (χ2n) is 16.6. The number of likely N-dealkylation sites (N-methyl/N-ethyl adjacent to an activating group) is 4. The molecule has 9 unspecified atom stereocenters. The molecule has 6 fully saturated rings. The first-order valence-corrected chi connectivity index (χ1v) is 20.6. The highest BCUT2D eigenvalue weighted by atomic mass is 16.5. The van der Waals surface area contributed by atoms with E-state index in [2.05, 4.69) is 44.7 Å². The summed E-state index contributed by atoms with van der Waals surface area (Å²) in [6, 6.07) is 1.24. The maximum Gasteiger partial charge on any atom is 0.240 e. The van der Waals surface area contributed by atoms with Gasteiger partial charge < -0.3 is 40.3 Å². The van der Waals surface area contributed by atoms with Crippen molar-refractivity contribution in [2.24, 2.45) is 17.8 Å². The number of hydrogen-bond acceptors (Lipinski definition) is 9. The Kier molecular flexibility index (Phi) is 17.3. The predicted molar refractivity (Wildman–Crippen MR) is 206 cm³/mol. The third kappa shape index (κ3) is 11.0. The minimum absolute atomic E-state index is 0.0115. The molecule has 0 bridgehead atoms. The van der Waals surface area contributed by atoms with Gasteiger partial charge in [0.2, 0.25) is 17.7 Å². The van der Waals surface area contributed by atoms with Gasteiger partial charge in [0.05, 0.1) is 31.3 Å². The van der Waals surface area contributed by atoms with Crippen LogP contribution in [0.1, 0.15) is 103 Å². The van der Waals surface area contributed by atoms with E-state index in [9.17, 15) is 19.2 Å². The van der Waals surface area contributed by atoms with Crippen molar-refractivity contribution >= 4 is 23.5 Å². The van der Waals surface area contributed by atoms with Crippen LogP contribution < -0.4 is 16.0 Å². The van der Waals surface area contributed by atoms with Crippen LogP contribution in [-0.4, -0.2) is 154 Å². The van der Waals surface area contributed by atoms with Crippen LogP contribution in [0.5, 0.6) is 0 Å². The van der Waals surface area contributed by atoms with Crippen LogP contribution in [0.2, 0.25) is 0 Å². The standard InChI is InChI=1S/C14H27N3O.C13H24N2O2.C13H22N2O2/c1-15-12-8-7-11-5-4-6-13(11)17(14(12)18)10-9-16(2)3;1-14-11-7-6-10-4-3-5-12(10)15(13(11)16)8-9-17-2;1-9(16)8-15-12-5-3-4-10(12)6-7-11(14-2)13(15)17/h11-13,15H,4-10H2,1-3H3;10-12,14H,3-9H2,1-2H3;10-12,14H,3-8H2,1-2H3. The Balaban J connectivity index is 0.000000175. The number of likely N-dealkylation sites (tertiary alicyclic amines) is 3. The lowest BCUT2D eigenvalue weighted by Crippen LogP contribution is -2.50. The molecule has 3 saturated carbocycles. The molecule has 12 heteroatoms. The van der Waals surface area contributed by atoms with E-state index in [0.29, 0.717) is 42.5 Å². The van der Waals surface area contributed by atoms with Crippen molar-refractivity contribution in [1.29, 1.82) is 0 Å². The van der Waals surface area contributed by atoms with Crippen LogP contribution in [0.15, 0.2) is 0 Å². The van der Waals surface area contributed by atoms with Crippen LogP contribution in [0, 0.1) is 17.8 Å². The summed E-state index contributed by atoms with van der Waals surface area (Å²) >= 11 is 0. The molecular formula is C40H73N7O5. The highest BCUT2D eigenvalue weighted by molar-refractivity contribution is 5.88. The van der Waals surface area contributed by atoms with Gasteiger partial charge in [-0.1, -0.05) is 19.3 Å².